The average Bonchev–Trinajstić information content (AvgIpc) is 2.57. The van der Waals surface area contributed by atoms with Crippen molar-refractivity contribution in [1.29, 1.82) is 0 Å². The van der Waals surface area contributed by atoms with Crippen molar-refractivity contribution in [1.82, 2.24) is 0 Å². The molecule has 0 radical (unpaired) electrons. The molecule has 0 bridgehead atoms. The minimum atomic E-state index is 0.873. The molecule has 1 aromatic carbocycles. The molecule has 1 aliphatic carbocycles. The summed E-state index contributed by atoms with van der Waals surface area (Å²) in [4.78, 5) is 3.64. The van der Waals surface area contributed by atoms with Gasteiger partial charge in [-0.05, 0) is 25.7 Å². The third kappa shape index (κ3) is 4.08. The zero-order valence-corrected chi connectivity index (χ0v) is 13.6. The summed E-state index contributed by atoms with van der Waals surface area (Å²) in [6, 6.07) is 12.9. The largest absolute Gasteiger partial charge is 0.332 e. The maximum atomic E-state index is 2.39. The van der Waals surface area contributed by atoms with Gasteiger partial charge in [-0.15, -0.1) is 0 Å². The molecular formula is C19H32N2+2. The first kappa shape index (κ1) is 15.1. The number of rotatable bonds is 4. The van der Waals surface area contributed by atoms with Gasteiger partial charge < -0.3 is 9.80 Å². The van der Waals surface area contributed by atoms with Crippen molar-refractivity contribution in [2.75, 3.05) is 20.1 Å². The lowest BCUT2D eigenvalue weighted by Crippen LogP contribution is -3.20. The van der Waals surface area contributed by atoms with Crippen molar-refractivity contribution < 1.29 is 9.80 Å². The van der Waals surface area contributed by atoms with Crippen LogP contribution < -0.4 is 9.80 Å². The second-order valence-corrected chi connectivity index (χ2v) is 7.28. The lowest BCUT2D eigenvalue weighted by atomic mass is 9.92. The predicted molar refractivity (Wildman–Crippen MR) is 87.6 cm³/mol. The zero-order chi connectivity index (χ0) is 14.5. The highest BCUT2D eigenvalue weighted by Crippen LogP contribution is 2.16. The van der Waals surface area contributed by atoms with Crippen LogP contribution in [-0.2, 0) is 6.54 Å². The van der Waals surface area contributed by atoms with Crippen LogP contribution in [0.25, 0.3) is 0 Å². The SMILES string of the molecule is C[NH+](Cc1ccccc1)C1CC[NH+](C2CCCCC2)CC1. The van der Waals surface area contributed by atoms with E-state index in [1.165, 1.54) is 70.1 Å². The molecule has 1 heterocycles. The van der Waals surface area contributed by atoms with E-state index in [1.54, 1.807) is 4.90 Å². The van der Waals surface area contributed by atoms with Crippen molar-refractivity contribution >= 4 is 0 Å². The van der Waals surface area contributed by atoms with E-state index < -0.39 is 0 Å². The molecule has 2 aliphatic rings. The minimum Gasteiger partial charge on any atom is -0.332 e. The van der Waals surface area contributed by atoms with Crippen molar-refractivity contribution in [3.63, 3.8) is 0 Å². The molecule has 3 rings (SSSR count). The van der Waals surface area contributed by atoms with E-state index >= 15 is 0 Å². The van der Waals surface area contributed by atoms with Crippen molar-refractivity contribution in [3.05, 3.63) is 35.9 Å². The summed E-state index contributed by atoms with van der Waals surface area (Å²) < 4.78 is 0. The van der Waals surface area contributed by atoms with Gasteiger partial charge in [-0.25, -0.2) is 0 Å². The number of quaternary nitrogens is 2. The Hall–Kier alpha value is -0.860. The van der Waals surface area contributed by atoms with E-state index in [0.29, 0.717) is 0 Å². The lowest BCUT2D eigenvalue weighted by Gasteiger charge is -2.37. The molecule has 1 aromatic rings. The van der Waals surface area contributed by atoms with Crippen LogP contribution in [0, 0.1) is 0 Å². The Balaban J connectivity index is 1.46. The van der Waals surface area contributed by atoms with Gasteiger partial charge in [0.15, 0.2) is 0 Å². The number of likely N-dealkylation sites (tertiary alicyclic amines) is 1. The van der Waals surface area contributed by atoms with Crippen molar-refractivity contribution in [2.45, 2.75) is 63.6 Å². The summed E-state index contributed by atoms with van der Waals surface area (Å²) in [5.74, 6) is 0. The third-order valence-corrected chi connectivity index (χ3v) is 5.83. The summed E-state index contributed by atoms with van der Waals surface area (Å²) in [5, 5.41) is 0. The van der Waals surface area contributed by atoms with Gasteiger partial charge in [0.1, 0.15) is 6.54 Å². The molecular weight excluding hydrogens is 256 g/mol. The third-order valence-electron chi connectivity index (χ3n) is 5.83. The second kappa shape index (κ2) is 7.42. The Morgan fingerprint density at radius 2 is 1.62 bits per heavy atom. The fourth-order valence-corrected chi connectivity index (χ4v) is 4.46. The van der Waals surface area contributed by atoms with Gasteiger partial charge in [-0.1, -0.05) is 36.8 Å². The molecule has 2 fully saturated rings. The molecule has 0 aromatic heterocycles. The fraction of sp³-hybridized carbons (Fsp3) is 0.684. The summed E-state index contributed by atoms with van der Waals surface area (Å²) in [6.45, 7) is 4.02. The highest BCUT2D eigenvalue weighted by atomic mass is 15.2. The lowest BCUT2D eigenvalue weighted by molar-refractivity contribution is -0.966. The monoisotopic (exact) mass is 288 g/mol. The van der Waals surface area contributed by atoms with Crippen molar-refractivity contribution in [2.24, 2.45) is 0 Å². The number of hydrogen-bond donors (Lipinski definition) is 2. The number of piperidine rings is 1. The van der Waals surface area contributed by atoms with E-state index in [0.717, 1.165) is 12.1 Å². The van der Waals surface area contributed by atoms with Crippen LogP contribution in [0.2, 0.25) is 0 Å². The van der Waals surface area contributed by atoms with Crippen LogP contribution in [0.3, 0.4) is 0 Å². The first-order valence-electron chi connectivity index (χ1n) is 9.04. The summed E-state index contributed by atoms with van der Waals surface area (Å²) in [5.41, 5.74) is 1.48. The molecule has 21 heavy (non-hydrogen) atoms. The normalized spacial score (nSPS) is 29.2. The van der Waals surface area contributed by atoms with Gasteiger partial charge in [0.05, 0.1) is 32.2 Å². The summed E-state index contributed by atoms with van der Waals surface area (Å²) in [6.07, 6.45) is 10.3. The van der Waals surface area contributed by atoms with Gasteiger partial charge >= 0.3 is 0 Å². The number of hydrogen-bond acceptors (Lipinski definition) is 0. The molecule has 1 atom stereocenters. The quantitative estimate of drug-likeness (QED) is 0.820. The zero-order valence-electron chi connectivity index (χ0n) is 13.6. The van der Waals surface area contributed by atoms with Crippen LogP contribution in [-0.4, -0.2) is 32.2 Å². The van der Waals surface area contributed by atoms with Gasteiger partial charge in [0.2, 0.25) is 0 Å². The van der Waals surface area contributed by atoms with E-state index in [1.807, 2.05) is 4.90 Å². The Kier molecular flexibility index (Phi) is 5.32. The smallest absolute Gasteiger partial charge is 0.103 e. The van der Waals surface area contributed by atoms with Crippen molar-refractivity contribution in [3.8, 4) is 0 Å². The van der Waals surface area contributed by atoms with Crippen LogP contribution >= 0.6 is 0 Å². The van der Waals surface area contributed by atoms with Crippen LogP contribution in [0.5, 0.6) is 0 Å². The molecule has 1 aliphatic heterocycles. The standard InChI is InChI=1S/C19H30N2/c1-20(16-17-8-4-2-5-9-17)18-12-14-21(15-13-18)19-10-6-3-7-11-19/h2,4-5,8-9,18-19H,3,6-7,10-16H2,1H3/p+2. The average molecular weight is 288 g/mol. The molecule has 2 nitrogen and oxygen atoms in total. The molecule has 1 saturated carbocycles. The Bertz CT molecular complexity index is 403. The number of benzene rings is 1. The first-order chi connectivity index (χ1) is 10.3. The second-order valence-electron chi connectivity index (χ2n) is 7.28. The highest BCUT2D eigenvalue weighted by Gasteiger charge is 2.32. The van der Waals surface area contributed by atoms with Gasteiger partial charge in [0.25, 0.3) is 0 Å². The summed E-state index contributed by atoms with van der Waals surface area (Å²) in [7, 11) is 2.39. The van der Waals surface area contributed by atoms with Gasteiger partial charge in [-0.2, -0.15) is 0 Å². The maximum absolute atomic E-state index is 2.39. The molecule has 0 spiro atoms. The van der Waals surface area contributed by atoms with Gasteiger partial charge in [0, 0.05) is 18.4 Å². The molecule has 2 heteroatoms. The maximum Gasteiger partial charge on any atom is 0.103 e. The van der Waals surface area contributed by atoms with E-state index in [-0.39, 0.29) is 0 Å². The minimum absolute atomic E-state index is 0.873. The topological polar surface area (TPSA) is 8.88 Å². The molecule has 0 amide bonds. The Labute approximate surface area is 130 Å². The number of nitrogens with one attached hydrogen (secondary N) is 2. The van der Waals surface area contributed by atoms with E-state index in [4.69, 9.17) is 0 Å². The summed E-state index contributed by atoms with van der Waals surface area (Å²) >= 11 is 0. The van der Waals surface area contributed by atoms with Crippen LogP contribution in [0.15, 0.2) is 30.3 Å². The highest BCUT2D eigenvalue weighted by molar-refractivity contribution is 5.13. The Morgan fingerprint density at radius 1 is 0.952 bits per heavy atom. The molecule has 2 N–H and O–H groups in total. The van der Waals surface area contributed by atoms with Gasteiger partial charge in [-0.3, -0.25) is 0 Å². The molecule has 116 valence electrons. The first-order valence-corrected chi connectivity index (χ1v) is 9.04. The van der Waals surface area contributed by atoms with Crippen LogP contribution in [0.1, 0.15) is 50.5 Å². The van der Waals surface area contributed by atoms with Crippen LogP contribution in [0.4, 0.5) is 0 Å². The predicted octanol–water partition coefficient (Wildman–Crippen LogP) is 1.08. The van der Waals surface area contributed by atoms with E-state index in [2.05, 4.69) is 37.4 Å². The fourth-order valence-electron chi connectivity index (χ4n) is 4.46. The molecule has 1 saturated heterocycles. The Morgan fingerprint density at radius 3 is 2.29 bits per heavy atom. The molecule has 1 unspecified atom stereocenters. The van der Waals surface area contributed by atoms with E-state index in [9.17, 15) is 0 Å².